The van der Waals surface area contributed by atoms with Crippen LogP contribution in [0.3, 0.4) is 0 Å². The number of halogens is 2. The van der Waals surface area contributed by atoms with Crippen molar-refractivity contribution < 1.29 is 5.11 Å². The first kappa shape index (κ1) is 12.0. The number of rotatable bonds is 4. The SMILES string of the molecule is Nc1cc(Cl)c(SCCCO)c(Cl)c1. The van der Waals surface area contributed by atoms with Crippen molar-refractivity contribution in [3.8, 4) is 0 Å². The monoisotopic (exact) mass is 251 g/mol. The van der Waals surface area contributed by atoms with Crippen LogP contribution in [0, 0.1) is 0 Å². The molecule has 14 heavy (non-hydrogen) atoms. The fraction of sp³-hybridized carbons (Fsp3) is 0.333. The smallest absolute Gasteiger partial charge is 0.0577 e. The minimum Gasteiger partial charge on any atom is -0.399 e. The van der Waals surface area contributed by atoms with Crippen LogP contribution >= 0.6 is 35.0 Å². The second-order valence-corrected chi connectivity index (χ2v) is 4.66. The van der Waals surface area contributed by atoms with Crippen molar-refractivity contribution in [1.29, 1.82) is 0 Å². The third-order valence-corrected chi connectivity index (χ3v) is 3.61. The van der Waals surface area contributed by atoms with Crippen molar-refractivity contribution in [2.24, 2.45) is 0 Å². The Morgan fingerprint density at radius 1 is 1.29 bits per heavy atom. The van der Waals surface area contributed by atoms with Gasteiger partial charge < -0.3 is 10.8 Å². The molecule has 0 unspecified atom stereocenters. The van der Waals surface area contributed by atoms with E-state index in [1.54, 1.807) is 12.1 Å². The highest BCUT2D eigenvalue weighted by atomic mass is 35.5. The molecule has 3 N–H and O–H groups in total. The molecule has 5 heteroatoms. The van der Waals surface area contributed by atoms with Crippen LogP contribution in [-0.2, 0) is 0 Å². The largest absolute Gasteiger partial charge is 0.399 e. The van der Waals surface area contributed by atoms with E-state index in [0.717, 1.165) is 17.1 Å². The molecule has 0 aliphatic heterocycles. The Morgan fingerprint density at radius 2 is 1.86 bits per heavy atom. The van der Waals surface area contributed by atoms with Crippen LogP contribution in [0.15, 0.2) is 17.0 Å². The number of nitrogens with two attached hydrogens (primary N) is 1. The van der Waals surface area contributed by atoms with Gasteiger partial charge in [-0.15, -0.1) is 11.8 Å². The molecule has 0 saturated carbocycles. The van der Waals surface area contributed by atoms with Gasteiger partial charge in [0.1, 0.15) is 0 Å². The van der Waals surface area contributed by atoms with Crippen LogP contribution in [0.5, 0.6) is 0 Å². The van der Waals surface area contributed by atoms with Gasteiger partial charge in [-0.25, -0.2) is 0 Å². The van der Waals surface area contributed by atoms with E-state index in [0.29, 0.717) is 15.7 Å². The Kier molecular flexibility index (Phi) is 4.89. The summed E-state index contributed by atoms with van der Waals surface area (Å²) in [5.74, 6) is 0.792. The van der Waals surface area contributed by atoms with Gasteiger partial charge in [-0.05, 0) is 18.6 Å². The lowest BCUT2D eigenvalue weighted by atomic mass is 10.3. The van der Waals surface area contributed by atoms with E-state index in [4.69, 9.17) is 34.0 Å². The summed E-state index contributed by atoms with van der Waals surface area (Å²) in [6, 6.07) is 3.35. The maximum atomic E-state index is 8.63. The first-order valence-corrected chi connectivity index (χ1v) is 5.87. The lowest BCUT2D eigenvalue weighted by Crippen LogP contribution is -1.89. The fourth-order valence-electron chi connectivity index (χ4n) is 0.956. The zero-order valence-electron chi connectivity index (χ0n) is 7.46. The van der Waals surface area contributed by atoms with E-state index in [1.165, 1.54) is 11.8 Å². The van der Waals surface area contributed by atoms with Gasteiger partial charge >= 0.3 is 0 Å². The van der Waals surface area contributed by atoms with Gasteiger partial charge in [0, 0.05) is 22.9 Å². The Hall–Kier alpha value is -0.0900. The summed E-state index contributed by atoms with van der Waals surface area (Å²) < 4.78 is 0. The maximum Gasteiger partial charge on any atom is 0.0577 e. The predicted octanol–water partition coefficient (Wildman–Crippen LogP) is 3.05. The van der Waals surface area contributed by atoms with Crippen LogP contribution in [0.2, 0.25) is 10.0 Å². The molecule has 2 nitrogen and oxygen atoms in total. The molecule has 0 aromatic heterocycles. The van der Waals surface area contributed by atoms with Crippen molar-refractivity contribution in [2.45, 2.75) is 11.3 Å². The van der Waals surface area contributed by atoms with Crippen molar-refractivity contribution in [3.05, 3.63) is 22.2 Å². The van der Waals surface area contributed by atoms with Crippen molar-refractivity contribution in [1.82, 2.24) is 0 Å². The van der Waals surface area contributed by atoms with Gasteiger partial charge in [0.2, 0.25) is 0 Å². The number of anilines is 1. The summed E-state index contributed by atoms with van der Waals surface area (Å²) in [5.41, 5.74) is 6.13. The van der Waals surface area contributed by atoms with Crippen LogP contribution < -0.4 is 5.73 Å². The number of hydrogen-bond donors (Lipinski definition) is 2. The highest BCUT2D eigenvalue weighted by Crippen LogP contribution is 2.36. The first-order valence-electron chi connectivity index (χ1n) is 4.13. The molecular weight excluding hydrogens is 241 g/mol. The van der Waals surface area contributed by atoms with Crippen molar-refractivity contribution >= 4 is 40.7 Å². The van der Waals surface area contributed by atoms with Gasteiger partial charge in [-0.2, -0.15) is 0 Å². The fourth-order valence-corrected chi connectivity index (χ4v) is 2.66. The summed E-state index contributed by atoms with van der Waals surface area (Å²) in [6.45, 7) is 0.178. The third kappa shape index (κ3) is 3.24. The van der Waals surface area contributed by atoms with Gasteiger partial charge in [0.15, 0.2) is 0 Å². The molecule has 0 fully saturated rings. The summed E-state index contributed by atoms with van der Waals surface area (Å²) in [7, 11) is 0. The molecule has 0 radical (unpaired) electrons. The second-order valence-electron chi connectivity index (χ2n) is 2.74. The molecule has 0 aliphatic rings. The van der Waals surface area contributed by atoms with E-state index in [1.807, 2.05) is 0 Å². The normalized spacial score (nSPS) is 10.5. The van der Waals surface area contributed by atoms with Crippen LogP contribution in [0.25, 0.3) is 0 Å². The molecule has 1 rings (SSSR count). The van der Waals surface area contributed by atoms with E-state index in [9.17, 15) is 0 Å². The van der Waals surface area contributed by atoms with E-state index in [-0.39, 0.29) is 6.61 Å². The van der Waals surface area contributed by atoms with Gasteiger partial charge in [-0.1, -0.05) is 23.2 Å². The Labute approximate surface area is 97.4 Å². The highest BCUT2D eigenvalue weighted by molar-refractivity contribution is 7.99. The molecule has 0 heterocycles. The Morgan fingerprint density at radius 3 is 2.36 bits per heavy atom. The zero-order valence-corrected chi connectivity index (χ0v) is 9.79. The average molecular weight is 252 g/mol. The van der Waals surface area contributed by atoms with Gasteiger partial charge in [0.05, 0.1) is 10.0 Å². The number of aliphatic hydroxyl groups excluding tert-OH is 1. The number of thioether (sulfide) groups is 1. The number of aliphatic hydroxyl groups is 1. The second kappa shape index (κ2) is 5.71. The molecule has 1 aromatic rings. The quantitative estimate of drug-likeness (QED) is 0.492. The predicted molar refractivity (Wildman–Crippen MR) is 63.3 cm³/mol. The summed E-state index contributed by atoms with van der Waals surface area (Å²) in [5, 5.41) is 9.76. The molecule has 0 saturated heterocycles. The molecule has 78 valence electrons. The van der Waals surface area contributed by atoms with Crippen LogP contribution in [0.1, 0.15) is 6.42 Å². The van der Waals surface area contributed by atoms with Crippen molar-refractivity contribution in [2.75, 3.05) is 18.1 Å². The molecule has 0 aliphatic carbocycles. The van der Waals surface area contributed by atoms with E-state index < -0.39 is 0 Å². The van der Waals surface area contributed by atoms with Gasteiger partial charge in [-0.3, -0.25) is 0 Å². The molecule has 0 amide bonds. The van der Waals surface area contributed by atoms with E-state index in [2.05, 4.69) is 0 Å². The minimum atomic E-state index is 0.178. The highest BCUT2D eigenvalue weighted by Gasteiger charge is 2.07. The van der Waals surface area contributed by atoms with Crippen LogP contribution in [0.4, 0.5) is 5.69 Å². The Bertz CT molecular complexity index is 297. The molecule has 0 spiro atoms. The number of benzene rings is 1. The number of hydrogen-bond acceptors (Lipinski definition) is 3. The zero-order chi connectivity index (χ0) is 10.6. The summed E-state index contributed by atoms with van der Waals surface area (Å²) >= 11 is 13.5. The summed E-state index contributed by atoms with van der Waals surface area (Å²) in [4.78, 5) is 0.830. The molecule has 0 bridgehead atoms. The van der Waals surface area contributed by atoms with Gasteiger partial charge in [0.25, 0.3) is 0 Å². The number of nitrogen functional groups attached to an aromatic ring is 1. The van der Waals surface area contributed by atoms with Crippen molar-refractivity contribution in [3.63, 3.8) is 0 Å². The average Bonchev–Trinajstić information content (AvgIpc) is 2.09. The lowest BCUT2D eigenvalue weighted by molar-refractivity contribution is 0.296. The molecule has 0 atom stereocenters. The first-order chi connectivity index (χ1) is 6.65. The molecule has 1 aromatic carbocycles. The summed E-state index contributed by atoms with van der Waals surface area (Å²) in [6.07, 6.45) is 0.724. The van der Waals surface area contributed by atoms with Crippen LogP contribution in [-0.4, -0.2) is 17.5 Å². The lowest BCUT2D eigenvalue weighted by Gasteiger charge is -2.06. The standard InChI is InChI=1S/C9H11Cl2NOS/c10-7-4-6(12)5-8(11)9(7)14-3-1-2-13/h4-5,13H,1-3,12H2. The Balaban J connectivity index is 2.75. The molecular formula is C9H11Cl2NOS. The van der Waals surface area contributed by atoms with E-state index >= 15 is 0 Å². The minimum absolute atomic E-state index is 0.178. The topological polar surface area (TPSA) is 46.2 Å². The third-order valence-electron chi connectivity index (χ3n) is 1.57. The maximum absolute atomic E-state index is 8.63.